The van der Waals surface area contributed by atoms with Crippen molar-refractivity contribution in [2.45, 2.75) is 4.90 Å². The number of thioether (sulfide) groups is 1. The van der Waals surface area contributed by atoms with Crippen molar-refractivity contribution in [1.82, 2.24) is 4.90 Å². The third-order valence-electron chi connectivity index (χ3n) is 4.02. The van der Waals surface area contributed by atoms with E-state index in [2.05, 4.69) is 11.0 Å². The van der Waals surface area contributed by atoms with Gasteiger partial charge in [-0.2, -0.15) is 0 Å². The molecule has 5 heteroatoms. The van der Waals surface area contributed by atoms with Gasteiger partial charge in [-0.3, -0.25) is 4.79 Å². The van der Waals surface area contributed by atoms with Crippen molar-refractivity contribution < 1.29 is 9.53 Å². The molecule has 0 aliphatic carbocycles. The predicted molar refractivity (Wildman–Crippen MR) is 104 cm³/mol. The van der Waals surface area contributed by atoms with Crippen molar-refractivity contribution in [3.63, 3.8) is 0 Å². The number of hydrogen-bond acceptors (Lipinski definition) is 4. The summed E-state index contributed by atoms with van der Waals surface area (Å²) < 4.78 is 5.19. The van der Waals surface area contributed by atoms with E-state index in [1.807, 2.05) is 67.5 Å². The van der Waals surface area contributed by atoms with E-state index >= 15 is 0 Å². The lowest BCUT2D eigenvalue weighted by Crippen LogP contribution is -2.39. The minimum absolute atomic E-state index is 0.0568. The summed E-state index contributed by atoms with van der Waals surface area (Å²) in [5.74, 6) is 0.865. The highest BCUT2D eigenvalue weighted by molar-refractivity contribution is 8.04. The SMILES string of the molecule is COc1ccc(/C=C2/Sc3ccccc3N(CCN(C)C)C2=O)cc1. The number of carbonyl (C=O) groups is 1. The summed E-state index contributed by atoms with van der Waals surface area (Å²) in [5.41, 5.74) is 1.98. The molecule has 1 aliphatic rings. The van der Waals surface area contributed by atoms with Crippen LogP contribution in [0, 0.1) is 0 Å². The third-order valence-corrected chi connectivity index (χ3v) is 5.09. The van der Waals surface area contributed by atoms with Crippen LogP contribution in [0.5, 0.6) is 5.75 Å². The molecular weight excluding hydrogens is 332 g/mol. The van der Waals surface area contributed by atoms with E-state index in [1.54, 1.807) is 7.11 Å². The minimum Gasteiger partial charge on any atom is -0.497 e. The molecule has 0 spiro atoms. The van der Waals surface area contributed by atoms with Gasteiger partial charge in [0.25, 0.3) is 5.91 Å². The average molecular weight is 354 g/mol. The smallest absolute Gasteiger partial charge is 0.265 e. The largest absolute Gasteiger partial charge is 0.497 e. The fourth-order valence-corrected chi connectivity index (χ4v) is 3.69. The van der Waals surface area contributed by atoms with E-state index in [0.29, 0.717) is 6.54 Å². The molecule has 25 heavy (non-hydrogen) atoms. The predicted octanol–water partition coefficient (Wildman–Crippen LogP) is 3.74. The number of benzene rings is 2. The molecule has 0 fully saturated rings. The molecule has 0 aromatic heterocycles. The van der Waals surface area contributed by atoms with Gasteiger partial charge in [0.05, 0.1) is 17.7 Å². The van der Waals surface area contributed by atoms with Gasteiger partial charge in [-0.1, -0.05) is 36.0 Å². The second-order valence-corrected chi connectivity index (χ2v) is 7.20. The summed E-state index contributed by atoms with van der Waals surface area (Å²) in [6.07, 6.45) is 1.95. The number of anilines is 1. The van der Waals surface area contributed by atoms with Crippen LogP contribution >= 0.6 is 11.8 Å². The van der Waals surface area contributed by atoms with Gasteiger partial charge in [0, 0.05) is 18.0 Å². The normalized spacial score (nSPS) is 15.6. The van der Waals surface area contributed by atoms with Crippen LogP contribution in [0.1, 0.15) is 5.56 Å². The first-order valence-electron chi connectivity index (χ1n) is 8.17. The Balaban J connectivity index is 1.92. The molecule has 0 unspecified atom stereocenters. The van der Waals surface area contributed by atoms with Crippen molar-refractivity contribution in [3.05, 3.63) is 59.0 Å². The lowest BCUT2D eigenvalue weighted by molar-refractivity contribution is -0.114. The molecule has 2 aromatic carbocycles. The molecule has 0 bridgehead atoms. The average Bonchev–Trinajstić information content (AvgIpc) is 2.62. The van der Waals surface area contributed by atoms with Crippen LogP contribution in [0.3, 0.4) is 0 Å². The van der Waals surface area contributed by atoms with Crippen molar-refractivity contribution in [2.75, 3.05) is 39.2 Å². The maximum Gasteiger partial charge on any atom is 0.265 e. The first-order valence-corrected chi connectivity index (χ1v) is 8.99. The summed E-state index contributed by atoms with van der Waals surface area (Å²) in [4.78, 5) is 18.8. The van der Waals surface area contributed by atoms with Gasteiger partial charge in [0.15, 0.2) is 0 Å². The van der Waals surface area contributed by atoms with E-state index in [9.17, 15) is 4.79 Å². The summed E-state index contributed by atoms with van der Waals surface area (Å²) >= 11 is 1.53. The maximum absolute atomic E-state index is 13.0. The van der Waals surface area contributed by atoms with Gasteiger partial charge in [0.1, 0.15) is 5.75 Å². The molecule has 1 amide bonds. The Bertz CT molecular complexity index is 785. The van der Waals surface area contributed by atoms with Crippen LogP contribution in [0.2, 0.25) is 0 Å². The number of para-hydroxylation sites is 1. The highest BCUT2D eigenvalue weighted by Crippen LogP contribution is 2.41. The number of likely N-dealkylation sites (N-methyl/N-ethyl adjacent to an activating group) is 1. The Morgan fingerprint density at radius 1 is 1.12 bits per heavy atom. The quantitative estimate of drug-likeness (QED) is 0.766. The Kier molecular flexibility index (Phi) is 5.46. The Morgan fingerprint density at radius 3 is 2.52 bits per heavy atom. The van der Waals surface area contributed by atoms with Gasteiger partial charge in [-0.15, -0.1) is 0 Å². The van der Waals surface area contributed by atoms with Crippen molar-refractivity contribution in [3.8, 4) is 5.75 Å². The molecule has 0 N–H and O–H groups in total. The molecule has 3 rings (SSSR count). The number of ether oxygens (including phenoxy) is 1. The Hall–Kier alpha value is -2.24. The van der Waals surface area contributed by atoms with E-state index in [4.69, 9.17) is 4.74 Å². The molecule has 4 nitrogen and oxygen atoms in total. The number of amides is 1. The van der Waals surface area contributed by atoms with E-state index in [-0.39, 0.29) is 5.91 Å². The van der Waals surface area contributed by atoms with Crippen LogP contribution in [-0.2, 0) is 4.79 Å². The van der Waals surface area contributed by atoms with E-state index < -0.39 is 0 Å². The first kappa shape index (κ1) is 17.6. The van der Waals surface area contributed by atoms with Crippen LogP contribution in [0.15, 0.2) is 58.3 Å². The fraction of sp³-hybridized carbons (Fsp3) is 0.250. The zero-order chi connectivity index (χ0) is 17.8. The molecular formula is C20H22N2O2S. The Labute approximate surface area is 153 Å². The monoisotopic (exact) mass is 354 g/mol. The van der Waals surface area contributed by atoms with Gasteiger partial charge < -0.3 is 14.5 Å². The van der Waals surface area contributed by atoms with Crippen LogP contribution < -0.4 is 9.64 Å². The fourth-order valence-electron chi connectivity index (χ4n) is 2.64. The topological polar surface area (TPSA) is 32.8 Å². The number of nitrogens with zero attached hydrogens (tertiary/aromatic N) is 2. The first-order chi connectivity index (χ1) is 12.1. The van der Waals surface area contributed by atoms with Crippen molar-refractivity contribution in [1.29, 1.82) is 0 Å². The molecule has 0 atom stereocenters. The maximum atomic E-state index is 13.0. The minimum atomic E-state index is 0.0568. The van der Waals surface area contributed by atoms with Gasteiger partial charge in [-0.25, -0.2) is 0 Å². The zero-order valence-electron chi connectivity index (χ0n) is 14.7. The highest BCUT2D eigenvalue weighted by Gasteiger charge is 2.28. The Morgan fingerprint density at radius 2 is 1.84 bits per heavy atom. The summed E-state index contributed by atoms with van der Waals surface area (Å²) in [6.45, 7) is 1.49. The molecule has 1 aliphatic heterocycles. The third kappa shape index (κ3) is 4.06. The molecule has 0 radical (unpaired) electrons. The van der Waals surface area contributed by atoms with Crippen molar-refractivity contribution >= 4 is 29.4 Å². The number of hydrogen-bond donors (Lipinski definition) is 0. The highest BCUT2D eigenvalue weighted by atomic mass is 32.2. The summed E-state index contributed by atoms with van der Waals surface area (Å²) in [6, 6.07) is 15.8. The lowest BCUT2D eigenvalue weighted by Gasteiger charge is -2.31. The van der Waals surface area contributed by atoms with Gasteiger partial charge >= 0.3 is 0 Å². The number of methoxy groups -OCH3 is 1. The van der Waals surface area contributed by atoms with Gasteiger partial charge in [0.2, 0.25) is 0 Å². The molecule has 0 saturated carbocycles. The van der Waals surface area contributed by atoms with E-state index in [0.717, 1.165) is 33.3 Å². The molecule has 0 saturated heterocycles. The molecule has 2 aromatic rings. The van der Waals surface area contributed by atoms with Gasteiger partial charge in [-0.05, 0) is 50.0 Å². The zero-order valence-corrected chi connectivity index (χ0v) is 15.5. The number of fused-ring (bicyclic) bond motifs is 1. The summed E-state index contributed by atoms with van der Waals surface area (Å²) in [5, 5.41) is 0. The number of carbonyl (C=O) groups excluding carboxylic acids is 1. The van der Waals surface area contributed by atoms with Crippen molar-refractivity contribution in [2.24, 2.45) is 0 Å². The molecule has 130 valence electrons. The van der Waals surface area contributed by atoms with Crippen LogP contribution in [0.25, 0.3) is 6.08 Å². The van der Waals surface area contributed by atoms with Crippen LogP contribution in [0.4, 0.5) is 5.69 Å². The summed E-state index contributed by atoms with van der Waals surface area (Å²) in [7, 11) is 5.68. The van der Waals surface area contributed by atoms with E-state index in [1.165, 1.54) is 11.8 Å². The second kappa shape index (κ2) is 7.76. The number of rotatable bonds is 5. The standard InChI is InChI=1S/C20H22N2O2S/c1-21(2)12-13-22-17-6-4-5-7-18(17)25-19(20(22)23)14-15-8-10-16(24-3)11-9-15/h4-11,14H,12-13H2,1-3H3/b19-14+. The lowest BCUT2D eigenvalue weighted by atomic mass is 10.2. The second-order valence-electron chi connectivity index (χ2n) is 6.11. The van der Waals surface area contributed by atoms with Crippen LogP contribution in [-0.4, -0.2) is 45.1 Å². The molecule has 1 heterocycles.